The summed E-state index contributed by atoms with van der Waals surface area (Å²) in [4.78, 5) is 15.3. The molecule has 2 N–H and O–H groups in total. The molecule has 5 heteroatoms. The van der Waals surface area contributed by atoms with Crippen LogP contribution in [0.25, 0.3) is 0 Å². The Hall–Kier alpha value is -1.10. The molecule has 3 rings (SSSR count). The average Bonchev–Trinajstić information content (AvgIpc) is 2.55. The number of halogens is 1. The summed E-state index contributed by atoms with van der Waals surface area (Å²) < 4.78 is 5.51. The third-order valence-electron chi connectivity index (χ3n) is 4.96. The van der Waals surface area contributed by atoms with Gasteiger partial charge in [0.1, 0.15) is 0 Å². The Morgan fingerprint density at radius 1 is 1.27 bits per heavy atom. The van der Waals surface area contributed by atoms with Crippen LogP contribution in [0.5, 0.6) is 0 Å². The van der Waals surface area contributed by atoms with Crippen LogP contribution in [-0.4, -0.2) is 43.2 Å². The molecule has 1 amide bonds. The molecule has 0 radical (unpaired) electrons. The summed E-state index contributed by atoms with van der Waals surface area (Å²) in [7, 11) is 0. The molecule has 0 saturated carbocycles. The molecule has 22 heavy (non-hydrogen) atoms. The van der Waals surface area contributed by atoms with Gasteiger partial charge in [0.2, 0.25) is 5.91 Å². The summed E-state index contributed by atoms with van der Waals surface area (Å²) in [5.41, 5.74) is 6.49. The van der Waals surface area contributed by atoms with Crippen LogP contribution in [0.3, 0.4) is 0 Å². The highest BCUT2D eigenvalue weighted by Crippen LogP contribution is 2.38. The molecule has 120 valence electrons. The lowest BCUT2D eigenvalue weighted by molar-refractivity contribution is -0.142. The summed E-state index contributed by atoms with van der Waals surface area (Å²) in [6.45, 7) is 2.74. The molecule has 4 nitrogen and oxygen atoms in total. The molecule has 2 fully saturated rings. The molecule has 0 aliphatic carbocycles. The van der Waals surface area contributed by atoms with E-state index in [1.807, 2.05) is 29.2 Å². The maximum atomic E-state index is 13.3. The van der Waals surface area contributed by atoms with Gasteiger partial charge < -0.3 is 15.4 Å². The van der Waals surface area contributed by atoms with E-state index < -0.39 is 5.41 Å². The predicted molar refractivity (Wildman–Crippen MR) is 87.0 cm³/mol. The van der Waals surface area contributed by atoms with Gasteiger partial charge in [0.25, 0.3) is 0 Å². The van der Waals surface area contributed by atoms with E-state index in [0.717, 1.165) is 31.5 Å². The number of hydrogen-bond acceptors (Lipinski definition) is 3. The molecule has 2 aliphatic heterocycles. The maximum Gasteiger partial charge on any atom is 0.233 e. The molecule has 1 aromatic carbocycles. The molecule has 1 aromatic rings. The monoisotopic (exact) mass is 322 g/mol. The van der Waals surface area contributed by atoms with E-state index in [1.54, 1.807) is 0 Å². The van der Waals surface area contributed by atoms with Crippen molar-refractivity contribution in [3.05, 3.63) is 34.9 Å². The Morgan fingerprint density at radius 3 is 2.59 bits per heavy atom. The molecule has 0 bridgehead atoms. The minimum absolute atomic E-state index is 0.213. The van der Waals surface area contributed by atoms with Crippen molar-refractivity contribution in [2.75, 3.05) is 26.3 Å². The SMILES string of the molecule is NC1CCN(C(=O)C2(c3cccc(Cl)c3)CCOCC2)CC1. The molecule has 0 spiro atoms. The number of rotatable bonds is 2. The fourth-order valence-electron chi connectivity index (χ4n) is 3.54. The third kappa shape index (κ3) is 3.00. The van der Waals surface area contributed by atoms with Crippen molar-refractivity contribution in [3.8, 4) is 0 Å². The minimum Gasteiger partial charge on any atom is -0.381 e. The number of carbonyl (C=O) groups excluding carboxylic acids is 1. The van der Waals surface area contributed by atoms with Crippen LogP contribution in [0.4, 0.5) is 0 Å². The highest BCUT2D eigenvalue weighted by Gasteiger charge is 2.44. The molecule has 2 aliphatic rings. The fraction of sp³-hybridized carbons (Fsp3) is 0.588. The third-order valence-corrected chi connectivity index (χ3v) is 5.19. The van der Waals surface area contributed by atoms with E-state index in [9.17, 15) is 4.79 Å². The van der Waals surface area contributed by atoms with Crippen LogP contribution in [0.15, 0.2) is 24.3 Å². The lowest BCUT2D eigenvalue weighted by Crippen LogP contribution is -2.53. The van der Waals surface area contributed by atoms with E-state index in [4.69, 9.17) is 22.1 Å². The molecule has 2 heterocycles. The first-order valence-corrected chi connectivity index (χ1v) is 8.38. The smallest absolute Gasteiger partial charge is 0.233 e. The standard InChI is InChI=1S/C17H23ClN2O2/c18-14-3-1-2-13(12-14)17(6-10-22-11-7-17)16(21)20-8-4-15(19)5-9-20/h1-3,12,15H,4-11,19H2. The lowest BCUT2D eigenvalue weighted by atomic mass is 9.72. The Balaban J connectivity index is 1.90. The molecule has 2 saturated heterocycles. The van der Waals surface area contributed by atoms with Gasteiger partial charge in [-0.3, -0.25) is 4.79 Å². The lowest BCUT2D eigenvalue weighted by Gasteiger charge is -2.42. The van der Waals surface area contributed by atoms with Crippen LogP contribution < -0.4 is 5.73 Å². The largest absolute Gasteiger partial charge is 0.381 e. The molecular formula is C17H23ClN2O2. The van der Waals surface area contributed by atoms with E-state index in [-0.39, 0.29) is 11.9 Å². The summed E-state index contributed by atoms with van der Waals surface area (Å²) in [6, 6.07) is 7.95. The van der Waals surface area contributed by atoms with Crippen molar-refractivity contribution in [1.82, 2.24) is 4.90 Å². The van der Waals surface area contributed by atoms with Gasteiger partial charge in [-0.1, -0.05) is 23.7 Å². The van der Waals surface area contributed by atoms with Gasteiger partial charge in [0.15, 0.2) is 0 Å². The van der Waals surface area contributed by atoms with Crippen molar-refractivity contribution in [2.24, 2.45) is 5.73 Å². The number of likely N-dealkylation sites (tertiary alicyclic amines) is 1. The van der Waals surface area contributed by atoms with E-state index in [1.165, 1.54) is 0 Å². The number of piperidine rings is 1. The van der Waals surface area contributed by atoms with Crippen LogP contribution in [0, 0.1) is 0 Å². The zero-order chi connectivity index (χ0) is 15.6. The number of ether oxygens (including phenoxy) is 1. The van der Waals surface area contributed by atoms with Gasteiger partial charge in [-0.25, -0.2) is 0 Å². The number of nitrogens with two attached hydrogens (primary N) is 1. The highest BCUT2D eigenvalue weighted by atomic mass is 35.5. The number of nitrogens with zero attached hydrogens (tertiary/aromatic N) is 1. The zero-order valence-electron chi connectivity index (χ0n) is 12.8. The van der Waals surface area contributed by atoms with E-state index in [2.05, 4.69) is 0 Å². The van der Waals surface area contributed by atoms with Gasteiger partial charge in [0, 0.05) is 37.4 Å². The van der Waals surface area contributed by atoms with Gasteiger partial charge in [-0.2, -0.15) is 0 Å². The Morgan fingerprint density at radius 2 is 1.95 bits per heavy atom. The number of hydrogen-bond donors (Lipinski definition) is 1. The molecule has 0 atom stereocenters. The zero-order valence-corrected chi connectivity index (χ0v) is 13.5. The van der Waals surface area contributed by atoms with Crippen LogP contribution >= 0.6 is 11.6 Å². The highest BCUT2D eigenvalue weighted by molar-refractivity contribution is 6.30. The van der Waals surface area contributed by atoms with Crippen LogP contribution in [0.2, 0.25) is 5.02 Å². The first kappa shape index (κ1) is 15.8. The van der Waals surface area contributed by atoms with Crippen molar-refractivity contribution in [1.29, 1.82) is 0 Å². The van der Waals surface area contributed by atoms with Crippen molar-refractivity contribution in [2.45, 2.75) is 37.1 Å². The first-order valence-electron chi connectivity index (χ1n) is 8.00. The summed E-state index contributed by atoms with van der Waals surface area (Å²) in [6.07, 6.45) is 3.20. The Labute approximate surface area is 136 Å². The number of amides is 1. The van der Waals surface area contributed by atoms with Gasteiger partial charge in [-0.05, 0) is 43.4 Å². The van der Waals surface area contributed by atoms with Crippen LogP contribution in [0.1, 0.15) is 31.2 Å². The minimum atomic E-state index is -0.495. The molecular weight excluding hydrogens is 300 g/mol. The summed E-state index contributed by atoms with van der Waals surface area (Å²) in [5, 5.41) is 0.678. The summed E-state index contributed by atoms with van der Waals surface area (Å²) >= 11 is 6.16. The summed E-state index contributed by atoms with van der Waals surface area (Å²) in [5.74, 6) is 0.213. The predicted octanol–water partition coefficient (Wildman–Crippen LogP) is 2.34. The van der Waals surface area contributed by atoms with Gasteiger partial charge in [-0.15, -0.1) is 0 Å². The quantitative estimate of drug-likeness (QED) is 0.909. The normalized spacial score (nSPS) is 22.5. The van der Waals surface area contributed by atoms with Crippen molar-refractivity contribution in [3.63, 3.8) is 0 Å². The Bertz CT molecular complexity index is 535. The first-order chi connectivity index (χ1) is 10.6. The van der Waals surface area contributed by atoms with Crippen molar-refractivity contribution < 1.29 is 9.53 Å². The van der Waals surface area contributed by atoms with Gasteiger partial charge >= 0.3 is 0 Å². The maximum absolute atomic E-state index is 13.3. The number of carbonyl (C=O) groups is 1. The topological polar surface area (TPSA) is 55.6 Å². The van der Waals surface area contributed by atoms with E-state index in [0.29, 0.717) is 31.1 Å². The van der Waals surface area contributed by atoms with Crippen molar-refractivity contribution >= 4 is 17.5 Å². The second kappa shape index (κ2) is 6.57. The van der Waals surface area contributed by atoms with Gasteiger partial charge in [0.05, 0.1) is 5.41 Å². The molecule has 0 aromatic heterocycles. The fourth-order valence-corrected chi connectivity index (χ4v) is 3.73. The Kier molecular flexibility index (Phi) is 4.71. The second-order valence-electron chi connectivity index (χ2n) is 6.33. The average molecular weight is 323 g/mol. The number of benzene rings is 1. The van der Waals surface area contributed by atoms with E-state index >= 15 is 0 Å². The second-order valence-corrected chi connectivity index (χ2v) is 6.77. The molecule has 0 unspecified atom stereocenters. The van der Waals surface area contributed by atoms with Crippen LogP contribution in [-0.2, 0) is 14.9 Å².